The number of carboxylic acid groups (broad SMARTS) is 1. The molecule has 29 heavy (non-hydrogen) atoms. The van der Waals surface area contributed by atoms with E-state index < -0.39 is 12.0 Å². The normalized spacial score (nSPS) is 18.6. The summed E-state index contributed by atoms with van der Waals surface area (Å²) in [5.74, 6) is -0.779. The number of likely N-dealkylation sites (N-methyl/N-ethyl adjacent to an activating group) is 1. The predicted molar refractivity (Wildman–Crippen MR) is 117 cm³/mol. The lowest BCUT2D eigenvalue weighted by Crippen LogP contribution is -2.36. The molecule has 0 fully saturated rings. The highest BCUT2D eigenvalue weighted by Crippen LogP contribution is 2.52. The fraction of sp³-hybridized carbons (Fsp3) is 0.480. The van der Waals surface area contributed by atoms with Crippen molar-refractivity contribution in [1.29, 1.82) is 0 Å². The summed E-state index contributed by atoms with van der Waals surface area (Å²) in [6.07, 6.45) is 3.72. The molecule has 4 heteroatoms. The predicted octanol–water partition coefficient (Wildman–Crippen LogP) is 5.63. The van der Waals surface area contributed by atoms with Crippen molar-refractivity contribution in [2.45, 2.75) is 64.2 Å². The monoisotopic (exact) mass is 395 g/mol. The third-order valence-corrected chi connectivity index (χ3v) is 6.49. The third-order valence-electron chi connectivity index (χ3n) is 6.49. The molecule has 4 nitrogen and oxygen atoms in total. The van der Waals surface area contributed by atoms with Crippen molar-refractivity contribution in [3.05, 3.63) is 59.7 Å². The number of fused-ring (bicyclic) bond motifs is 1. The number of nitrogens with zero attached hydrogens (tertiary/aromatic N) is 1. The second-order valence-electron chi connectivity index (χ2n) is 8.08. The molecule has 0 saturated heterocycles. The van der Waals surface area contributed by atoms with Gasteiger partial charge in [-0.15, -0.1) is 0 Å². The Bertz CT molecular complexity index is 829. The zero-order chi connectivity index (χ0) is 21.0. The number of hydrogen-bond acceptors (Lipinski definition) is 3. The third kappa shape index (κ3) is 4.24. The van der Waals surface area contributed by atoms with Crippen LogP contribution in [-0.2, 0) is 15.1 Å². The summed E-state index contributed by atoms with van der Waals surface area (Å²) in [6.45, 7) is 6.89. The average Bonchev–Trinajstić information content (AvgIpc) is 3.08. The minimum atomic E-state index is -0.779. The van der Waals surface area contributed by atoms with E-state index in [0.717, 1.165) is 32.2 Å². The van der Waals surface area contributed by atoms with Gasteiger partial charge >= 0.3 is 5.97 Å². The van der Waals surface area contributed by atoms with Crippen LogP contribution in [0.1, 0.15) is 63.7 Å². The Balaban J connectivity index is 1.86. The van der Waals surface area contributed by atoms with Crippen molar-refractivity contribution in [3.8, 4) is 11.1 Å². The first-order valence-corrected chi connectivity index (χ1v) is 10.7. The number of hydrogen-bond donors (Lipinski definition) is 1. The molecule has 2 atom stereocenters. The molecule has 1 aliphatic rings. The van der Waals surface area contributed by atoms with Gasteiger partial charge in [0.25, 0.3) is 0 Å². The maximum atomic E-state index is 11.2. The standard InChI is InChI=1S/C25H33NO3/c1-5-25(6-2)23-20(19-12-8-7-9-13-19)14-10-15-21(23)22(29-25)16-11-17-26(4)18(3)24(27)28/h7-10,12-15,18,22H,5-6,11,16-17H2,1-4H3,(H,27,28)/t18-,22?/m0/s1. The zero-order valence-corrected chi connectivity index (χ0v) is 18.0. The lowest BCUT2D eigenvalue weighted by molar-refractivity contribution is -0.142. The molecule has 0 aliphatic carbocycles. The van der Waals surface area contributed by atoms with Crippen molar-refractivity contribution in [1.82, 2.24) is 4.90 Å². The first kappa shape index (κ1) is 21.5. The molecule has 0 spiro atoms. The summed E-state index contributed by atoms with van der Waals surface area (Å²) in [4.78, 5) is 13.1. The van der Waals surface area contributed by atoms with Crippen LogP contribution in [0.25, 0.3) is 11.1 Å². The smallest absolute Gasteiger partial charge is 0.320 e. The van der Waals surface area contributed by atoms with Gasteiger partial charge in [0.2, 0.25) is 0 Å². The molecule has 0 aromatic heterocycles. The van der Waals surface area contributed by atoms with E-state index in [4.69, 9.17) is 4.74 Å². The maximum Gasteiger partial charge on any atom is 0.320 e. The van der Waals surface area contributed by atoms with Gasteiger partial charge < -0.3 is 9.84 Å². The highest BCUT2D eigenvalue weighted by molar-refractivity contribution is 5.73. The van der Waals surface area contributed by atoms with Gasteiger partial charge in [0, 0.05) is 0 Å². The summed E-state index contributed by atoms with van der Waals surface area (Å²) in [7, 11) is 1.87. The van der Waals surface area contributed by atoms with Gasteiger partial charge in [0.05, 0.1) is 11.7 Å². The lowest BCUT2D eigenvalue weighted by Gasteiger charge is -2.30. The van der Waals surface area contributed by atoms with Crippen molar-refractivity contribution >= 4 is 5.97 Å². The van der Waals surface area contributed by atoms with Crippen molar-refractivity contribution in [2.24, 2.45) is 0 Å². The Labute approximate surface area is 174 Å². The van der Waals surface area contributed by atoms with Crippen LogP contribution in [0.2, 0.25) is 0 Å². The van der Waals surface area contributed by atoms with Crippen LogP contribution in [0.5, 0.6) is 0 Å². The first-order valence-electron chi connectivity index (χ1n) is 10.7. The molecule has 156 valence electrons. The van der Waals surface area contributed by atoms with Gasteiger partial charge in [-0.1, -0.05) is 62.4 Å². The van der Waals surface area contributed by atoms with Gasteiger partial charge in [-0.3, -0.25) is 9.69 Å². The number of rotatable bonds is 9. The Morgan fingerprint density at radius 2 is 1.83 bits per heavy atom. The van der Waals surface area contributed by atoms with Crippen LogP contribution in [0.15, 0.2) is 48.5 Å². The summed E-state index contributed by atoms with van der Waals surface area (Å²) >= 11 is 0. The van der Waals surface area contributed by atoms with Gasteiger partial charge in [-0.05, 0) is 68.5 Å². The second-order valence-corrected chi connectivity index (χ2v) is 8.08. The van der Waals surface area contributed by atoms with Crippen molar-refractivity contribution in [2.75, 3.05) is 13.6 Å². The molecule has 0 amide bonds. The molecule has 0 radical (unpaired) electrons. The molecule has 1 unspecified atom stereocenters. The zero-order valence-electron chi connectivity index (χ0n) is 18.0. The Morgan fingerprint density at radius 1 is 1.14 bits per heavy atom. The minimum Gasteiger partial charge on any atom is -0.480 e. The van der Waals surface area contributed by atoms with E-state index in [-0.39, 0.29) is 11.7 Å². The Kier molecular flexibility index (Phi) is 6.76. The quantitative estimate of drug-likeness (QED) is 0.598. The number of benzene rings is 2. The summed E-state index contributed by atoms with van der Waals surface area (Å²) in [6, 6.07) is 16.6. The van der Waals surface area contributed by atoms with Crippen LogP contribution in [-0.4, -0.2) is 35.6 Å². The summed E-state index contributed by atoms with van der Waals surface area (Å²) < 4.78 is 6.73. The van der Waals surface area contributed by atoms with E-state index in [0.29, 0.717) is 0 Å². The largest absolute Gasteiger partial charge is 0.480 e. The maximum absolute atomic E-state index is 11.2. The van der Waals surface area contributed by atoms with E-state index in [9.17, 15) is 9.90 Å². The average molecular weight is 396 g/mol. The molecule has 1 N–H and O–H groups in total. The van der Waals surface area contributed by atoms with Crippen LogP contribution in [0, 0.1) is 0 Å². The molecule has 0 bridgehead atoms. The van der Waals surface area contributed by atoms with E-state index in [2.05, 4.69) is 56.3 Å². The number of aliphatic carboxylic acids is 1. The van der Waals surface area contributed by atoms with Gasteiger partial charge in [0.1, 0.15) is 6.04 Å². The molecule has 2 aromatic rings. The second kappa shape index (κ2) is 9.10. The molecular formula is C25H33NO3. The SMILES string of the molecule is CCC1(CC)OC(CCCN(C)[C@@H](C)C(=O)O)c2cccc(-c3ccccc3)c21. The number of carbonyl (C=O) groups is 1. The Morgan fingerprint density at radius 3 is 2.45 bits per heavy atom. The molecule has 1 aliphatic heterocycles. The minimum absolute atomic E-state index is 0.0575. The number of carboxylic acids is 1. The van der Waals surface area contributed by atoms with Crippen molar-refractivity contribution in [3.63, 3.8) is 0 Å². The first-order chi connectivity index (χ1) is 13.9. The van der Waals surface area contributed by atoms with Gasteiger partial charge in [-0.2, -0.15) is 0 Å². The highest BCUT2D eigenvalue weighted by atomic mass is 16.5. The topological polar surface area (TPSA) is 49.8 Å². The van der Waals surface area contributed by atoms with Gasteiger partial charge in [0.15, 0.2) is 0 Å². The van der Waals surface area contributed by atoms with Crippen molar-refractivity contribution < 1.29 is 14.6 Å². The molecule has 2 aromatic carbocycles. The Hall–Kier alpha value is -2.17. The molecule has 0 saturated carbocycles. The highest BCUT2D eigenvalue weighted by Gasteiger charge is 2.43. The van der Waals surface area contributed by atoms with E-state index in [1.54, 1.807) is 6.92 Å². The lowest BCUT2D eigenvalue weighted by atomic mass is 9.81. The fourth-order valence-corrected chi connectivity index (χ4v) is 4.49. The van der Waals surface area contributed by atoms with Gasteiger partial charge in [-0.25, -0.2) is 0 Å². The van der Waals surface area contributed by atoms with Crippen LogP contribution < -0.4 is 0 Å². The summed E-state index contributed by atoms with van der Waals surface area (Å²) in [5, 5.41) is 9.20. The molecule has 1 heterocycles. The summed E-state index contributed by atoms with van der Waals surface area (Å²) in [5.41, 5.74) is 4.88. The molecule has 3 rings (SSSR count). The fourth-order valence-electron chi connectivity index (χ4n) is 4.49. The van der Waals surface area contributed by atoms with E-state index >= 15 is 0 Å². The van der Waals surface area contributed by atoms with Crippen LogP contribution in [0.3, 0.4) is 0 Å². The number of ether oxygens (including phenoxy) is 1. The van der Waals surface area contributed by atoms with E-state index in [1.165, 1.54) is 22.3 Å². The van der Waals surface area contributed by atoms with Crippen LogP contribution in [0.4, 0.5) is 0 Å². The van der Waals surface area contributed by atoms with Crippen LogP contribution >= 0.6 is 0 Å². The molecular weight excluding hydrogens is 362 g/mol. The van der Waals surface area contributed by atoms with E-state index in [1.807, 2.05) is 18.0 Å².